The summed E-state index contributed by atoms with van der Waals surface area (Å²) in [6.45, 7) is 6.27. The lowest BCUT2D eigenvalue weighted by atomic mass is 9.56. The maximum atomic E-state index is 13.7. The van der Waals surface area contributed by atoms with E-state index in [1.807, 2.05) is 48.5 Å². The minimum atomic E-state index is -0.582. The van der Waals surface area contributed by atoms with Crippen LogP contribution in [0, 0.1) is 5.92 Å². The minimum absolute atomic E-state index is 0.00562. The van der Waals surface area contributed by atoms with Gasteiger partial charge in [-0.1, -0.05) is 24.3 Å². The van der Waals surface area contributed by atoms with Gasteiger partial charge in [0.2, 0.25) is 0 Å². The Bertz CT molecular complexity index is 1620. The first kappa shape index (κ1) is 19.9. The number of rotatable bonds is 0. The number of aromatic amines is 2. The largest absolute Gasteiger partial charge is 0.486 e. The van der Waals surface area contributed by atoms with Gasteiger partial charge in [-0.15, -0.1) is 0 Å². The van der Waals surface area contributed by atoms with Crippen molar-refractivity contribution >= 4 is 21.8 Å². The van der Waals surface area contributed by atoms with Gasteiger partial charge in [0, 0.05) is 28.5 Å². The molecule has 6 nitrogen and oxygen atoms in total. The monoisotopic (exact) mass is 454 g/mol. The van der Waals surface area contributed by atoms with Crippen LogP contribution in [0.1, 0.15) is 56.6 Å². The van der Waals surface area contributed by atoms with Crippen molar-refractivity contribution in [3.8, 4) is 11.6 Å². The Balaban J connectivity index is 1.51. The molecular formula is C28H26N2O4. The van der Waals surface area contributed by atoms with Crippen LogP contribution >= 0.6 is 0 Å². The van der Waals surface area contributed by atoms with E-state index in [0.717, 1.165) is 22.8 Å². The summed E-state index contributed by atoms with van der Waals surface area (Å²) in [4.78, 5) is 33.6. The average molecular weight is 455 g/mol. The van der Waals surface area contributed by atoms with Crippen LogP contribution in [0.5, 0.6) is 11.6 Å². The van der Waals surface area contributed by atoms with Crippen molar-refractivity contribution in [1.82, 2.24) is 9.97 Å². The van der Waals surface area contributed by atoms with Gasteiger partial charge in [-0.2, -0.15) is 0 Å². The van der Waals surface area contributed by atoms with E-state index in [1.165, 1.54) is 0 Å². The summed E-state index contributed by atoms with van der Waals surface area (Å²) >= 11 is 0. The molecule has 4 atom stereocenters. The molecule has 0 saturated heterocycles. The zero-order chi connectivity index (χ0) is 23.4. The van der Waals surface area contributed by atoms with E-state index in [0.29, 0.717) is 34.6 Å². The SMILES string of the molecule is CC1(C)Oc2[nH]c3ccccc3c(=O)c2[C@@H]2C[C@]3(C)C[C@@H](c4c(c5ccccc5[nH]c4=O)O3)[C@H]21. The molecule has 0 radical (unpaired) electrons. The third-order valence-corrected chi connectivity index (χ3v) is 8.25. The van der Waals surface area contributed by atoms with E-state index < -0.39 is 11.2 Å². The Morgan fingerprint density at radius 2 is 1.41 bits per heavy atom. The molecule has 3 aliphatic rings. The van der Waals surface area contributed by atoms with Crippen molar-refractivity contribution in [2.45, 2.75) is 56.7 Å². The molecule has 7 rings (SSSR count). The van der Waals surface area contributed by atoms with Crippen LogP contribution in [0.3, 0.4) is 0 Å². The first-order valence-electron chi connectivity index (χ1n) is 11.9. The molecule has 2 aliphatic heterocycles. The standard InChI is InChI=1S/C28H26N2O4/c1-27(2)22-16(20-23(31)14-8-4-6-10-18(14)30-26(20)34-27)12-28(3)13-17(22)21-24(33-28)15-9-5-7-11-19(15)29-25(21)32/h4-11,16-17,22H,12-13H2,1-3H3,(H,29,32)(H,30,31)/t16-,17-,22-,28+/m0/s1. The molecule has 1 aliphatic carbocycles. The maximum absolute atomic E-state index is 13.7. The van der Waals surface area contributed by atoms with Crippen LogP contribution in [0.2, 0.25) is 0 Å². The Morgan fingerprint density at radius 1 is 0.794 bits per heavy atom. The van der Waals surface area contributed by atoms with Gasteiger partial charge in [0.05, 0.1) is 22.2 Å². The minimum Gasteiger partial charge on any atom is -0.486 e. The predicted octanol–water partition coefficient (Wildman–Crippen LogP) is 4.97. The Labute approximate surface area is 195 Å². The van der Waals surface area contributed by atoms with Gasteiger partial charge in [0.1, 0.15) is 17.0 Å². The normalized spacial score (nSPS) is 28.4. The molecular weight excluding hydrogens is 428 g/mol. The molecule has 0 amide bonds. The fourth-order valence-corrected chi connectivity index (χ4v) is 7.06. The summed E-state index contributed by atoms with van der Waals surface area (Å²) in [5.74, 6) is 1.02. The van der Waals surface area contributed by atoms with Crippen LogP contribution in [0.15, 0.2) is 58.1 Å². The fourth-order valence-electron chi connectivity index (χ4n) is 7.06. The number of H-pyrrole nitrogens is 2. The van der Waals surface area contributed by atoms with Crippen LogP contribution in [-0.4, -0.2) is 21.2 Å². The lowest BCUT2D eigenvalue weighted by Crippen LogP contribution is -2.58. The van der Waals surface area contributed by atoms with E-state index >= 15 is 0 Å². The topological polar surface area (TPSA) is 84.2 Å². The molecule has 172 valence electrons. The zero-order valence-electron chi connectivity index (χ0n) is 19.4. The zero-order valence-corrected chi connectivity index (χ0v) is 19.4. The van der Waals surface area contributed by atoms with E-state index in [4.69, 9.17) is 9.47 Å². The molecule has 2 aromatic heterocycles. The van der Waals surface area contributed by atoms with Gasteiger partial charge in [-0.25, -0.2) is 0 Å². The molecule has 2 N–H and O–H groups in total. The summed E-state index contributed by atoms with van der Waals surface area (Å²) < 4.78 is 13.2. The number of benzene rings is 2. The summed E-state index contributed by atoms with van der Waals surface area (Å²) in [6, 6.07) is 15.3. The van der Waals surface area contributed by atoms with Crippen molar-refractivity contribution in [3.05, 3.63) is 80.2 Å². The molecule has 4 heterocycles. The van der Waals surface area contributed by atoms with Gasteiger partial charge < -0.3 is 19.4 Å². The first-order valence-corrected chi connectivity index (χ1v) is 11.9. The third kappa shape index (κ3) is 2.51. The smallest absolute Gasteiger partial charge is 0.255 e. The maximum Gasteiger partial charge on any atom is 0.255 e. The van der Waals surface area contributed by atoms with E-state index in [9.17, 15) is 9.59 Å². The molecule has 0 spiro atoms. The average Bonchev–Trinajstić information content (AvgIpc) is 2.77. The van der Waals surface area contributed by atoms with Gasteiger partial charge >= 0.3 is 0 Å². The quantitative estimate of drug-likeness (QED) is 0.393. The van der Waals surface area contributed by atoms with Crippen molar-refractivity contribution in [2.75, 3.05) is 0 Å². The number of fused-ring (bicyclic) bond motifs is 11. The first-order chi connectivity index (χ1) is 16.3. The van der Waals surface area contributed by atoms with Crippen molar-refractivity contribution in [2.24, 2.45) is 5.92 Å². The molecule has 4 aromatic rings. The van der Waals surface area contributed by atoms with Gasteiger partial charge in [-0.05, 0) is 57.9 Å². The third-order valence-electron chi connectivity index (χ3n) is 8.25. The Kier molecular flexibility index (Phi) is 3.69. The van der Waals surface area contributed by atoms with Crippen molar-refractivity contribution < 1.29 is 9.47 Å². The number of aromatic nitrogens is 2. The Hall–Kier alpha value is -3.54. The highest BCUT2D eigenvalue weighted by Crippen LogP contribution is 2.61. The van der Waals surface area contributed by atoms with E-state index in [-0.39, 0.29) is 28.7 Å². The molecule has 1 saturated carbocycles. The number of pyridine rings is 2. The second-order valence-electron chi connectivity index (χ2n) is 10.9. The number of nitrogens with one attached hydrogen (secondary N) is 2. The molecule has 2 aromatic carbocycles. The second-order valence-corrected chi connectivity index (χ2v) is 10.9. The molecule has 2 bridgehead atoms. The summed E-state index contributed by atoms with van der Waals surface area (Å²) in [6.07, 6.45) is 1.41. The molecule has 6 heteroatoms. The van der Waals surface area contributed by atoms with Gasteiger partial charge in [-0.3, -0.25) is 9.59 Å². The van der Waals surface area contributed by atoms with Crippen LogP contribution in [-0.2, 0) is 0 Å². The van der Waals surface area contributed by atoms with Gasteiger partial charge in [0.15, 0.2) is 11.3 Å². The molecule has 34 heavy (non-hydrogen) atoms. The predicted molar refractivity (Wildman–Crippen MR) is 131 cm³/mol. The highest BCUT2D eigenvalue weighted by atomic mass is 16.5. The molecule has 1 fully saturated rings. The Morgan fingerprint density at radius 3 is 2.15 bits per heavy atom. The number of para-hydroxylation sites is 2. The van der Waals surface area contributed by atoms with Crippen molar-refractivity contribution in [3.63, 3.8) is 0 Å². The lowest BCUT2D eigenvalue weighted by molar-refractivity contribution is -0.0819. The lowest BCUT2D eigenvalue weighted by Gasteiger charge is -2.56. The summed E-state index contributed by atoms with van der Waals surface area (Å²) in [5.41, 5.74) is 1.74. The van der Waals surface area contributed by atoms with Gasteiger partial charge in [0.25, 0.3) is 5.56 Å². The molecule has 0 unspecified atom stereocenters. The van der Waals surface area contributed by atoms with Crippen LogP contribution in [0.25, 0.3) is 21.8 Å². The van der Waals surface area contributed by atoms with E-state index in [1.54, 1.807) is 0 Å². The van der Waals surface area contributed by atoms with Crippen LogP contribution < -0.4 is 20.5 Å². The second kappa shape index (κ2) is 6.32. The fraction of sp³-hybridized carbons (Fsp3) is 0.357. The van der Waals surface area contributed by atoms with Crippen LogP contribution in [0.4, 0.5) is 0 Å². The highest BCUT2D eigenvalue weighted by Gasteiger charge is 2.59. The van der Waals surface area contributed by atoms with Crippen molar-refractivity contribution in [1.29, 1.82) is 0 Å². The number of hydrogen-bond donors (Lipinski definition) is 2. The number of ether oxygens (including phenoxy) is 2. The van der Waals surface area contributed by atoms with E-state index in [2.05, 4.69) is 30.7 Å². The number of hydrogen-bond acceptors (Lipinski definition) is 4. The summed E-state index contributed by atoms with van der Waals surface area (Å²) in [5, 5.41) is 1.58. The highest BCUT2D eigenvalue weighted by molar-refractivity contribution is 5.87. The summed E-state index contributed by atoms with van der Waals surface area (Å²) in [7, 11) is 0.